The molecule has 22 heavy (non-hydrogen) atoms. The lowest BCUT2D eigenvalue weighted by molar-refractivity contribution is 0.0996. The highest BCUT2D eigenvalue weighted by Crippen LogP contribution is 2.19. The molecule has 0 spiro atoms. The first-order chi connectivity index (χ1) is 10.3. The third-order valence-corrected chi connectivity index (χ3v) is 3.13. The smallest absolute Gasteiger partial charge is 0.254 e. The second-order valence-electron chi connectivity index (χ2n) is 5.96. The Balaban J connectivity index is 2.10. The highest BCUT2D eigenvalue weighted by atomic mass is 16.5. The summed E-state index contributed by atoms with van der Waals surface area (Å²) in [6.07, 6.45) is 5.39. The minimum atomic E-state index is -0.575. The van der Waals surface area contributed by atoms with Gasteiger partial charge in [0.25, 0.3) is 5.91 Å². The Kier molecular flexibility index (Phi) is 4.35. The molecule has 0 atom stereocenters. The van der Waals surface area contributed by atoms with Gasteiger partial charge < -0.3 is 15.8 Å². The van der Waals surface area contributed by atoms with E-state index >= 15 is 0 Å². The van der Waals surface area contributed by atoms with Crippen LogP contribution in [0.5, 0.6) is 5.88 Å². The van der Waals surface area contributed by atoms with Crippen molar-refractivity contribution in [1.29, 1.82) is 0 Å². The van der Waals surface area contributed by atoms with Crippen LogP contribution in [0.15, 0.2) is 24.7 Å². The minimum absolute atomic E-state index is 0.0565. The van der Waals surface area contributed by atoms with Crippen molar-refractivity contribution < 1.29 is 9.53 Å². The first kappa shape index (κ1) is 15.8. The fourth-order valence-electron chi connectivity index (χ4n) is 1.91. The van der Waals surface area contributed by atoms with Crippen molar-refractivity contribution in [3.63, 3.8) is 0 Å². The number of pyridine rings is 1. The average molecular weight is 303 g/mol. The van der Waals surface area contributed by atoms with Crippen molar-refractivity contribution in [2.45, 2.75) is 32.9 Å². The molecule has 2 aromatic rings. The number of carbonyl (C=O) groups is 1. The maximum Gasteiger partial charge on any atom is 0.254 e. The van der Waals surface area contributed by atoms with E-state index in [0.717, 1.165) is 5.56 Å². The third kappa shape index (κ3) is 3.55. The van der Waals surface area contributed by atoms with E-state index in [4.69, 9.17) is 10.5 Å². The summed E-state index contributed by atoms with van der Waals surface area (Å²) in [7, 11) is 1.45. The summed E-state index contributed by atoms with van der Waals surface area (Å²) in [6.45, 7) is 6.83. The zero-order valence-corrected chi connectivity index (χ0v) is 13.3. The molecule has 2 aromatic heterocycles. The molecule has 7 heteroatoms. The van der Waals surface area contributed by atoms with Gasteiger partial charge in [-0.15, -0.1) is 0 Å². The van der Waals surface area contributed by atoms with Crippen LogP contribution in [0.1, 0.15) is 36.7 Å². The molecular weight excluding hydrogens is 282 g/mol. The van der Waals surface area contributed by atoms with Crippen molar-refractivity contribution in [1.82, 2.24) is 14.8 Å². The molecule has 0 aliphatic heterocycles. The molecule has 118 valence electrons. The number of rotatable bonds is 5. The van der Waals surface area contributed by atoms with Gasteiger partial charge in [0, 0.05) is 18.3 Å². The van der Waals surface area contributed by atoms with Crippen LogP contribution in [0.25, 0.3) is 0 Å². The normalized spacial score (nSPS) is 11.3. The molecule has 3 N–H and O–H groups in total. The number of hydrogen-bond donors (Lipinski definition) is 2. The van der Waals surface area contributed by atoms with Crippen LogP contribution in [0, 0.1) is 0 Å². The molecule has 0 fully saturated rings. The second kappa shape index (κ2) is 6.05. The van der Waals surface area contributed by atoms with Gasteiger partial charge in [0.15, 0.2) is 0 Å². The quantitative estimate of drug-likeness (QED) is 0.877. The van der Waals surface area contributed by atoms with Gasteiger partial charge in [-0.3, -0.25) is 9.48 Å². The Morgan fingerprint density at radius 3 is 2.68 bits per heavy atom. The number of nitrogens with two attached hydrogens (primary N) is 1. The Hall–Kier alpha value is -2.57. The van der Waals surface area contributed by atoms with Crippen LogP contribution in [0.3, 0.4) is 0 Å². The molecule has 1 amide bonds. The second-order valence-corrected chi connectivity index (χ2v) is 5.96. The predicted molar refractivity (Wildman–Crippen MR) is 83.9 cm³/mol. The number of nitrogens with one attached hydrogen (secondary N) is 1. The van der Waals surface area contributed by atoms with Crippen LogP contribution >= 0.6 is 0 Å². The van der Waals surface area contributed by atoms with Crippen molar-refractivity contribution >= 4 is 11.6 Å². The predicted octanol–water partition coefficient (Wildman–Crippen LogP) is 1.75. The van der Waals surface area contributed by atoms with Gasteiger partial charge >= 0.3 is 0 Å². The lowest BCUT2D eigenvalue weighted by atomic mass is 10.1. The molecule has 0 aliphatic rings. The monoisotopic (exact) mass is 303 g/mol. The maximum atomic E-state index is 11.4. The van der Waals surface area contributed by atoms with Gasteiger partial charge in [0.05, 0.1) is 30.7 Å². The molecule has 0 aromatic carbocycles. The van der Waals surface area contributed by atoms with Crippen molar-refractivity contribution in [3.05, 3.63) is 35.8 Å². The average Bonchev–Trinajstić information content (AvgIpc) is 2.93. The highest BCUT2D eigenvalue weighted by Gasteiger charge is 2.14. The minimum Gasteiger partial charge on any atom is -0.480 e. The fraction of sp³-hybridized carbons (Fsp3) is 0.400. The summed E-state index contributed by atoms with van der Waals surface area (Å²) in [5.74, 6) is -0.354. The summed E-state index contributed by atoms with van der Waals surface area (Å²) in [4.78, 5) is 15.5. The molecule has 0 saturated heterocycles. The highest BCUT2D eigenvalue weighted by molar-refractivity contribution is 5.95. The Morgan fingerprint density at radius 1 is 1.41 bits per heavy atom. The number of carbonyl (C=O) groups excluding carboxylic acids is 1. The number of ether oxygens (including phenoxy) is 1. The van der Waals surface area contributed by atoms with Crippen molar-refractivity contribution in [2.24, 2.45) is 5.73 Å². The van der Waals surface area contributed by atoms with E-state index in [0.29, 0.717) is 12.2 Å². The number of nitrogens with zero attached hydrogens (tertiary/aromatic N) is 3. The summed E-state index contributed by atoms with van der Waals surface area (Å²) in [5.41, 5.74) is 7.24. The molecule has 7 nitrogen and oxygen atoms in total. The standard InChI is InChI=1S/C15H21N5O2/c1-15(2,3)20-9-10(7-19-20)6-17-11-5-12(13(16)21)14(22-4)18-8-11/h5,7-9,17H,6H2,1-4H3,(H2,16,21). The largest absolute Gasteiger partial charge is 0.480 e. The Labute approximate surface area is 129 Å². The van der Waals surface area contributed by atoms with E-state index in [9.17, 15) is 4.79 Å². The number of primary amides is 1. The number of hydrogen-bond acceptors (Lipinski definition) is 5. The maximum absolute atomic E-state index is 11.4. The van der Waals surface area contributed by atoms with Crippen LogP contribution < -0.4 is 15.8 Å². The molecule has 0 unspecified atom stereocenters. The molecule has 0 radical (unpaired) electrons. The van der Waals surface area contributed by atoms with E-state index in [2.05, 4.69) is 36.2 Å². The Bertz CT molecular complexity index is 673. The topological polar surface area (TPSA) is 95.1 Å². The summed E-state index contributed by atoms with van der Waals surface area (Å²) < 4.78 is 6.92. The SMILES string of the molecule is COc1ncc(NCc2cnn(C(C)(C)C)c2)cc1C(N)=O. The molecule has 2 rings (SSSR count). The number of methoxy groups -OCH3 is 1. The van der Waals surface area contributed by atoms with Crippen LogP contribution in [0.2, 0.25) is 0 Å². The van der Waals surface area contributed by atoms with Crippen LogP contribution in [-0.4, -0.2) is 27.8 Å². The van der Waals surface area contributed by atoms with E-state index in [1.165, 1.54) is 7.11 Å². The summed E-state index contributed by atoms with van der Waals surface area (Å²) >= 11 is 0. The third-order valence-electron chi connectivity index (χ3n) is 3.13. The van der Waals surface area contributed by atoms with Gasteiger partial charge in [0.1, 0.15) is 5.56 Å². The lowest BCUT2D eigenvalue weighted by Crippen LogP contribution is -2.22. The van der Waals surface area contributed by atoms with E-state index in [1.54, 1.807) is 12.3 Å². The van der Waals surface area contributed by atoms with Gasteiger partial charge in [-0.1, -0.05) is 0 Å². The van der Waals surface area contributed by atoms with Crippen molar-refractivity contribution in [3.8, 4) is 5.88 Å². The Morgan fingerprint density at radius 2 is 2.14 bits per heavy atom. The molecule has 0 bridgehead atoms. The molecule has 2 heterocycles. The first-order valence-corrected chi connectivity index (χ1v) is 6.93. The van der Waals surface area contributed by atoms with Gasteiger partial charge in [-0.05, 0) is 26.8 Å². The van der Waals surface area contributed by atoms with Crippen molar-refractivity contribution in [2.75, 3.05) is 12.4 Å². The van der Waals surface area contributed by atoms with E-state index in [1.807, 2.05) is 17.1 Å². The molecule has 0 saturated carbocycles. The summed E-state index contributed by atoms with van der Waals surface area (Å²) in [6, 6.07) is 1.63. The molecule has 0 aliphatic carbocycles. The summed E-state index contributed by atoms with van der Waals surface area (Å²) in [5, 5.41) is 7.53. The molecular formula is C15H21N5O2. The van der Waals surface area contributed by atoms with Gasteiger partial charge in [-0.25, -0.2) is 4.98 Å². The fourth-order valence-corrected chi connectivity index (χ4v) is 1.91. The van der Waals surface area contributed by atoms with Crippen LogP contribution in [-0.2, 0) is 12.1 Å². The van der Waals surface area contributed by atoms with Crippen LogP contribution in [0.4, 0.5) is 5.69 Å². The van der Waals surface area contributed by atoms with Gasteiger partial charge in [0.2, 0.25) is 5.88 Å². The number of amides is 1. The first-order valence-electron chi connectivity index (χ1n) is 6.93. The van der Waals surface area contributed by atoms with E-state index in [-0.39, 0.29) is 17.0 Å². The number of aromatic nitrogens is 3. The zero-order valence-electron chi connectivity index (χ0n) is 13.3. The van der Waals surface area contributed by atoms with Gasteiger partial charge in [-0.2, -0.15) is 5.10 Å². The lowest BCUT2D eigenvalue weighted by Gasteiger charge is -2.18. The number of anilines is 1. The van der Waals surface area contributed by atoms with E-state index < -0.39 is 5.91 Å². The zero-order chi connectivity index (χ0) is 16.3.